The summed E-state index contributed by atoms with van der Waals surface area (Å²) >= 11 is 5.97. The van der Waals surface area contributed by atoms with Gasteiger partial charge in [0.15, 0.2) is 0 Å². The van der Waals surface area contributed by atoms with E-state index in [4.69, 9.17) is 16.3 Å². The highest BCUT2D eigenvalue weighted by atomic mass is 35.5. The molecule has 0 aliphatic rings. The zero-order chi connectivity index (χ0) is 18.0. The zero-order valence-corrected chi connectivity index (χ0v) is 14.4. The van der Waals surface area contributed by atoms with E-state index < -0.39 is 0 Å². The molecule has 1 aromatic heterocycles. The number of amides is 2. The van der Waals surface area contributed by atoms with Crippen molar-refractivity contribution in [3.05, 3.63) is 58.7 Å². The minimum atomic E-state index is -0.348. The molecule has 0 saturated carbocycles. The molecule has 3 rings (SSSR count). The first-order chi connectivity index (χ1) is 12.0. The number of aromatic nitrogens is 1. The fraction of sp³-hybridized carbons (Fsp3) is 0.111. The van der Waals surface area contributed by atoms with Gasteiger partial charge in [0.25, 0.3) is 11.8 Å². The van der Waals surface area contributed by atoms with Gasteiger partial charge in [-0.3, -0.25) is 9.59 Å². The Hall–Kier alpha value is -2.99. The molecule has 0 aliphatic heterocycles. The maximum atomic E-state index is 12.6. The van der Waals surface area contributed by atoms with Crippen LogP contribution < -0.4 is 15.4 Å². The Kier molecular flexibility index (Phi) is 4.63. The molecule has 1 heterocycles. The summed E-state index contributed by atoms with van der Waals surface area (Å²) in [6.07, 6.45) is 0. The number of nitrogens with one attached hydrogen (secondary N) is 3. The van der Waals surface area contributed by atoms with Crippen LogP contribution in [-0.4, -0.2) is 31.0 Å². The first kappa shape index (κ1) is 16.9. The number of methoxy groups -OCH3 is 1. The molecule has 6 nitrogen and oxygen atoms in total. The first-order valence-electron chi connectivity index (χ1n) is 7.51. The van der Waals surface area contributed by atoms with E-state index in [2.05, 4.69) is 15.6 Å². The summed E-state index contributed by atoms with van der Waals surface area (Å²) in [6, 6.07) is 11.9. The van der Waals surface area contributed by atoms with Crippen LogP contribution in [0.1, 0.15) is 20.8 Å². The van der Waals surface area contributed by atoms with Gasteiger partial charge in [0.2, 0.25) is 0 Å². The molecule has 25 heavy (non-hydrogen) atoms. The van der Waals surface area contributed by atoms with Gasteiger partial charge < -0.3 is 20.4 Å². The molecule has 0 atom stereocenters. The SMILES string of the molecule is CNC(=O)c1ccc(OC)c(NC(=O)c2cc3cc(Cl)ccc3[nH]2)c1. The first-order valence-corrected chi connectivity index (χ1v) is 7.89. The van der Waals surface area contributed by atoms with Gasteiger partial charge in [0.05, 0.1) is 12.8 Å². The lowest BCUT2D eigenvalue weighted by molar-refractivity contribution is 0.0961. The van der Waals surface area contributed by atoms with Gasteiger partial charge >= 0.3 is 0 Å². The lowest BCUT2D eigenvalue weighted by atomic mass is 10.1. The smallest absolute Gasteiger partial charge is 0.272 e. The predicted molar refractivity (Wildman–Crippen MR) is 97.6 cm³/mol. The highest BCUT2D eigenvalue weighted by Gasteiger charge is 2.14. The normalized spacial score (nSPS) is 10.5. The Bertz CT molecular complexity index is 965. The predicted octanol–water partition coefficient (Wildman–Crippen LogP) is 3.44. The molecule has 128 valence electrons. The lowest BCUT2D eigenvalue weighted by Gasteiger charge is -2.11. The minimum absolute atomic E-state index is 0.251. The number of benzene rings is 2. The number of fused-ring (bicyclic) bond motifs is 1. The number of H-pyrrole nitrogens is 1. The van der Waals surface area contributed by atoms with Gasteiger partial charge in [-0.05, 0) is 42.5 Å². The Morgan fingerprint density at radius 3 is 2.60 bits per heavy atom. The molecular weight excluding hydrogens is 342 g/mol. The van der Waals surface area contributed by atoms with Crippen molar-refractivity contribution in [3.63, 3.8) is 0 Å². The zero-order valence-electron chi connectivity index (χ0n) is 13.6. The van der Waals surface area contributed by atoms with E-state index in [1.54, 1.807) is 49.5 Å². The second kappa shape index (κ2) is 6.86. The summed E-state index contributed by atoms with van der Waals surface area (Å²) < 4.78 is 5.25. The number of ether oxygens (including phenoxy) is 1. The number of halogens is 1. The van der Waals surface area contributed by atoms with Gasteiger partial charge in [-0.1, -0.05) is 11.6 Å². The number of carbonyl (C=O) groups is 2. The Balaban J connectivity index is 1.91. The van der Waals surface area contributed by atoms with Crippen molar-refractivity contribution >= 4 is 40.0 Å². The average Bonchev–Trinajstić information content (AvgIpc) is 3.04. The van der Waals surface area contributed by atoms with Crippen molar-refractivity contribution in [2.75, 3.05) is 19.5 Å². The summed E-state index contributed by atoms with van der Waals surface area (Å²) in [5.41, 5.74) is 2.01. The van der Waals surface area contributed by atoms with Crippen LogP contribution in [0.5, 0.6) is 5.75 Å². The summed E-state index contributed by atoms with van der Waals surface area (Å²) in [6.45, 7) is 0. The largest absolute Gasteiger partial charge is 0.495 e. The van der Waals surface area contributed by atoms with Crippen molar-refractivity contribution in [3.8, 4) is 5.75 Å². The van der Waals surface area contributed by atoms with Gasteiger partial charge in [-0.25, -0.2) is 0 Å². The van der Waals surface area contributed by atoms with Crippen LogP contribution in [0.15, 0.2) is 42.5 Å². The highest BCUT2D eigenvalue weighted by molar-refractivity contribution is 6.31. The molecule has 0 aliphatic carbocycles. The fourth-order valence-corrected chi connectivity index (χ4v) is 2.69. The third-order valence-corrected chi connectivity index (χ3v) is 4.00. The van der Waals surface area contributed by atoms with Crippen LogP contribution in [0.4, 0.5) is 5.69 Å². The molecule has 3 aromatic rings. The number of hydrogen-bond acceptors (Lipinski definition) is 3. The van der Waals surface area contributed by atoms with Crippen LogP contribution in [0, 0.1) is 0 Å². The Morgan fingerprint density at radius 2 is 1.88 bits per heavy atom. The summed E-state index contributed by atoms with van der Waals surface area (Å²) in [7, 11) is 3.04. The lowest BCUT2D eigenvalue weighted by Crippen LogP contribution is -2.19. The minimum Gasteiger partial charge on any atom is -0.495 e. The van der Waals surface area contributed by atoms with E-state index in [0.717, 1.165) is 10.9 Å². The molecule has 0 saturated heterocycles. The molecule has 0 spiro atoms. The van der Waals surface area contributed by atoms with Crippen molar-refractivity contribution in [2.24, 2.45) is 0 Å². The van der Waals surface area contributed by atoms with Crippen molar-refractivity contribution in [1.29, 1.82) is 0 Å². The molecule has 0 fully saturated rings. The van der Waals surface area contributed by atoms with Gasteiger partial charge in [0.1, 0.15) is 11.4 Å². The average molecular weight is 358 g/mol. The van der Waals surface area contributed by atoms with Crippen LogP contribution in [-0.2, 0) is 0 Å². The summed E-state index contributed by atoms with van der Waals surface area (Å²) in [4.78, 5) is 27.4. The number of rotatable bonds is 4. The molecule has 2 amide bonds. The molecule has 2 aromatic carbocycles. The van der Waals surface area contributed by atoms with Crippen molar-refractivity contribution < 1.29 is 14.3 Å². The highest BCUT2D eigenvalue weighted by Crippen LogP contribution is 2.27. The molecular formula is C18H16ClN3O3. The summed E-state index contributed by atoms with van der Waals surface area (Å²) in [5.74, 6) is -0.141. The topological polar surface area (TPSA) is 83.2 Å². The second-order valence-corrected chi connectivity index (χ2v) is 5.80. The number of aromatic amines is 1. The maximum absolute atomic E-state index is 12.6. The maximum Gasteiger partial charge on any atom is 0.272 e. The van der Waals surface area contributed by atoms with Gasteiger partial charge in [-0.2, -0.15) is 0 Å². The van der Waals surface area contributed by atoms with E-state index in [1.807, 2.05) is 0 Å². The van der Waals surface area contributed by atoms with E-state index in [-0.39, 0.29) is 11.8 Å². The van der Waals surface area contributed by atoms with E-state index >= 15 is 0 Å². The molecule has 3 N–H and O–H groups in total. The van der Waals surface area contributed by atoms with Crippen molar-refractivity contribution in [1.82, 2.24) is 10.3 Å². The monoisotopic (exact) mass is 357 g/mol. The van der Waals surface area contributed by atoms with E-state index in [9.17, 15) is 9.59 Å². The fourth-order valence-electron chi connectivity index (χ4n) is 2.51. The number of carbonyl (C=O) groups excluding carboxylic acids is 2. The molecule has 0 radical (unpaired) electrons. The van der Waals surface area contributed by atoms with Crippen LogP contribution in [0.3, 0.4) is 0 Å². The van der Waals surface area contributed by atoms with Crippen LogP contribution >= 0.6 is 11.6 Å². The Morgan fingerprint density at radius 1 is 1.08 bits per heavy atom. The van der Waals surface area contributed by atoms with E-state index in [0.29, 0.717) is 27.7 Å². The third-order valence-electron chi connectivity index (χ3n) is 3.76. The Labute approximate surface area is 149 Å². The van der Waals surface area contributed by atoms with Gasteiger partial charge in [-0.15, -0.1) is 0 Å². The molecule has 0 unspecified atom stereocenters. The van der Waals surface area contributed by atoms with Gasteiger partial charge in [0, 0.05) is 28.5 Å². The standard InChI is InChI=1S/C18H16ClN3O3/c1-20-17(23)10-3-6-16(25-2)14(8-10)22-18(24)15-9-11-7-12(19)4-5-13(11)21-15/h3-9,21H,1-2H3,(H,20,23)(H,22,24). The summed E-state index contributed by atoms with van der Waals surface area (Å²) in [5, 5.41) is 6.74. The number of anilines is 1. The van der Waals surface area contributed by atoms with Crippen molar-refractivity contribution in [2.45, 2.75) is 0 Å². The molecule has 7 heteroatoms. The third kappa shape index (κ3) is 3.44. The number of hydrogen-bond donors (Lipinski definition) is 3. The van der Waals surface area contributed by atoms with Crippen LogP contribution in [0.25, 0.3) is 10.9 Å². The molecule has 0 bridgehead atoms. The quantitative estimate of drug-likeness (QED) is 0.668. The van der Waals surface area contributed by atoms with Crippen LogP contribution in [0.2, 0.25) is 5.02 Å². The second-order valence-electron chi connectivity index (χ2n) is 5.36. The van der Waals surface area contributed by atoms with E-state index in [1.165, 1.54) is 7.11 Å².